The number of carbonyl (C=O) groups is 1. The van der Waals surface area contributed by atoms with Crippen molar-refractivity contribution < 1.29 is 18.3 Å². The van der Waals surface area contributed by atoms with Crippen molar-refractivity contribution in [2.24, 2.45) is 0 Å². The van der Waals surface area contributed by atoms with E-state index >= 15 is 0 Å². The highest BCUT2D eigenvalue weighted by Gasteiger charge is 2.17. The summed E-state index contributed by atoms with van der Waals surface area (Å²) in [7, 11) is 0. The number of ether oxygens (including phenoxy) is 1. The van der Waals surface area contributed by atoms with Gasteiger partial charge in [0.2, 0.25) is 0 Å². The van der Waals surface area contributed by atoms with E-state index < -0.39 is 23.6 Å². The third kappa shape index (κ3) is 3.81. The molecule has 5 heteroatoms. The monoisotopic (exact) mass is 305 g/mol. The first-order chi connectivity index (χ1) is 10.5. The van der Waals surface area contributed by atoms with E-state index in [9.17, 15) is 13.6 Å². The number of hydrogen-bond acceptors (Lipinski definition) is 2. The van der Waals surface area contributed by atoms with E-state index in [1.54, 1.807) is 13.0 Å². The molecule has 2 aromatic rings. The maximum Gasteiger partial charge on any atom is 0.265 e. The summed E-state index contributed by atoms with van der Waals surface area (Å²) in [4.78, 5) is 12.1. The fourth-order valence-electron chi connectivity index (χ4n) is 1.98. The number of aryl methyl sites for hydroxylation is 1. The molecule has 0 aliphatic rings. The Hall–Kier alpha value is -2.43. The minimum absolute atomic E-state index is 0.0781. The van der Waals surface area contributed by atoms with E-state index in [0.717, 1.165) is 18.1 Å². The highest BCUT2D eigenvalue weighted by molar-refractivity contribution is 5.94. The van der Waals surface area contributed by atoms with Crippen molar-refractivity contribution >= 4 is 11.6 Å². The molecule has 0 heterocycles. The molecular weight excluding hydrogens is 288 g/mol. The SMILES string of the molecule is CCc1ccccc1OC(C)C(=O)Nc1ccc(F)cc1F. The summed E-state index contributed by atoms with van der Waals surface area (Å²) in [5.41, 5.74) is 0.903. The Balaban J connectivity index is 2.06. The number of nitrogens with one attached hydrogen (secondary N) is 1. The fraction of sp³-hybridized carbons (Fsp3) is 0.235. The van der Waals surface area contributed by atoms with Gasteiger partial charge in [-0.05, 0) is 37.1 Å². The van der Waals surface area contributed by atoms with Gasteiger partial charge in [0.15, 0.2) is 6.10 Å². The third-order valence-electron chi connectivity index (χ3n) is 3.22. The largest absolute Gasteiger partial charge is 0.481 e. The van der Waals surface area contributed by atoms with E-state index in [2.05, 4.69) is 5.32 Å². The molecule has 3 nitrogen and oxygen atoms in total. The van der Waals surface area contributed by atoms with Gasteiger partial charge in [0.1, 0.15) is 17.4 Å². The molecule has 0 aromatic heterocycles. The average molecular weight is 305 g/mol. The van der Waals surface area contributed by atoms with Crippen molar-refractivity contribution in [1.29, 1.82) is 0 Å². The number of hydrogen-bond donors (Lipinski definition) is 1. The lowest BCUT2D eigenvalue weighted by Gasteiger charge is -2.17. The normalized spacial score (nSPS) is 11.8. The first-order valence-corrected chi connectivity index (χ1v) is 7.01. The molecule has 0 saturated carbocycles. The standard InChI is InChI=1S/C17H17F2NO2/c1-3-12-6-4-5-7-16(12)22-11(2)17(21)20-15-9-8-13(18)10-14(15)19/h4-11H,3H2,1-2H3,(H,20,21). The molecular formula is C17H17F2NO2. The van der Waals surface area contributed by atoms with Crippen LogP contribution in [0.25, 0.3) is 0 Å². The quantitative estimate of drug-likeness (QED) is 0.909. The van der Waals surface area contributed by atoms with E-state index in [4.69, 9.17) is 4.74 Å². The minimum atomic E-state index is -0.825. The van der Waals surface area contributed by atoms with Crippen LogP contribution in [-0.2, 0) is 11.2 Å². The highest BCUT2D eigenvalue weighted by atomic mass is 19.1. The van der Waals surface area contributed by atoms with Crippen LogP contribution < -0.4 is 10.1 Å². The third-order valence-corrected chi connectivity index (χ3v) is 3.22. The minimum Gasteiger partial charge on any atom is -0.481 e. The maximum absolute atomic E-state index is 13.5. The van der Waals surface area contributed by atoms with Gasteiger partial charge in [-0.2, -0.15) is 0 Å². The van der Waals surface area contributed by atoms with E-state index in [1.807, 2.05) is 25.1 Å². The Bertz CT molecular complexity index is 673. The van der Waals surface area contributed by atoms with Gasteiger partial charge in [-0.3, -0.25) is 4.79 Å². The average Bonchev–Trinajstić information content (AvgIpc) is 2.50. The fourth-order valence-corrected chi connectivity index (χ4v) is 1.98. The van der Waals surface area contributed by atoms with E-state index in [-0.39, 0.29) is 5.69 Å². The lowest BCUT2D eigenvalue weighted by atomic mass is 10.1. The molecule has 116 valence electrons. The van der Waals surface area contributed by atoms with Gasteiger partial charge < -0.3 is 10.1 Å². The summed E-state index contributed by atoms with van der Waals surface area (Å²) in [5, 5.41) is 2.39. The first kappa shape index (κ1) is 15.9. The van der Waals surface area contributed by atoms with Crippen molar-refractivity contribution in [3.63, 3.8) is 0 Å². The Morgan fingerprint density at radius 3 is 2.64 bits per heavy atom. The summed E-state index contributed by atoms with van der Waals surface area (Å²) < 4.78 is 32.0. The summed E-state index contributed by atoms with van der Waals surface area (Å²) in [6, 6.07) is 10.4. The number of benzene rings is 2. The lowest BCUT2D eigenvalue weighted by molar-refractivity contribution is -0.122. The van der Waals surface area contributed by atoms with Crippen LogP contribution in [0.3, 0.4) is 0 Å². The summed E-state index contributed by atoms with van der Waals surface area (Å²) in [6.07, 6.45) is -0.0333. The molecule has 0 saturated heterocycles. The van der Waals surface area contributed by atoms with Crippen LogP contribution in [0.15, 0.2) is 42.5 Å². The van der Waals surface area contributed by atoms with Crippen LogP contribution in [0.4, 0.5) is 14.5 Å². The maximum atomic E-state index is 13.5. The predicted molar refractivity (Wildman–Crippen MR) is 80.9 cm³/mol. The zero-order valence-corrected chi connectivity index (χ0v) is 12.4. The zero-order valence-electron chi connectivity index (χ0n) is 12.4. The van der Waals surface area contributed by atoms with E-state index in [1.165, 1.54) is 6.07 Å². The number of anilines is 1. The zero-order chi connectivity index (χ0) is 16.1. The Kier molecular flexibility index (Phi) is 5.09. The van der Waals surface area contributed by atoms with Gasteiger partial charge in [0.25, 0.3) is 5.91 Å². The van der Waals surface area contributed by atoms with Gasteiger partial charge in [-0.15, -0.1) is 0 Å². The van der Waals surface area contributed by atoms with Crippen LogP contribution in [0.5, 0.6) is 5.75 Å². The van der Waals surface area contributed by atoms with Crippen molar-refractivity contribution in [3.8, 4) is 5.75 Å². The first-order valence-electron chi connectivity index (χ1n) is 7.01. The number of carbonyl (C=O) groups excluding carboxylic acids is 1. The molecule has 1 N–H and O–H groups in total. The van der Waals surface area contributed by atoms with Gasteiger partial charge in [-0.25, -0.2) is 8.78 Å². The molecule has 0 aliphatic carbocycles. The van der Waals surface area contributed by atoms with Crippen LogP contribution >= 0.6 is 0 Å². The van der Waals surface area contributed by atoms with Crippen molar-refractivity contribution in [3.05, 3.63) is 59.7 Å². The summed E-state index contributed by atoms with van der Waals surface area (Å²) in [6.45, 7) is 3.56. The molecule has 2 aromatic carbocycles. The van der Waals surface area contributed by atoms with Crippen LogP contribution in [0.2, 0.25) is 0 Å². The summed E-state index contributed by atoms with van der Waals surface area (Å²) >= 11 is 0. The van der Waals surface area contributed by atoms with Gasteiger partial charge in [-0.1, -0.05) is 25.1 Å². The Morgan fingerprint density at radius 2 is 1.95 bits per heavy atom. The van der Waals surface area contributed by atoms with Gasteiger partial charge >= 0.3 is 0 Å². The molecule has 0 fully saturated rings. The van der Waals surface area contributed by atoms with Crippen LogP contribution in [-0.4, -0.2) is 12.0 Å². The molecule has 0 bridgehead atoms. The number of rotatable bonds is 5. The Morgan fingerprint density at radius 1 is 1.23 bits per heavy atom. The Labute approximate surface area is 127 Å². The van der Waals surface area contributed by atoms with Crippen molar-refractivity contribution in [2.45, 2.75) is 26.4 Å². The molecule has 0 spiro atoms. The molecule has 2 rings (SSSR count). The lowest BCUT2D eigenvalue weighted by Crippen LogP contribution is -2.30. The van der Waals surface area contributed by atoms with Crippen molar-refractivity contribution in [1.82, 2.24) is 0 Å². The van der Waals surface area contributed by atoms with Gasteiger partial charge in [0, 0.05) is 6.07 Å². The topological polar surface area (TPSA) is 38.3 Å². The second-order valence-electron chi connectivity index (χ2n) is 4.83. The van der Waals surface area contributed by atoms with Crippen LogP contribution in [0.1, 0.15) is 19.4 Å². The number of amides is 1. The molecule has 1 unspecified atom stereocenters. The summed E-state index contributed by atoms with van der Waals surface area (Å²) in [5.74, 6) is -1.41. The molecule has 0 aliphatic heterocycles. The highest BCUT2D eigenvalue weighted by Crippen LogP contribution is 2.21. The van der Waals surface area contributed by atoms with E-state index in [0.29, 0.717) is 11.8 Å². The molecule has 1 atom stereocenters. The predicted octanol–water partition coefficient (Wildman–Crippen LogP) is 3.93. The van der Waals surface area contributed by atoms with Crippen LogP contribution in [0, 0.1) is 11.6 Å². The van der Waals surface area contributed by atoms with Crippen molar-refractivity contribution in [2.75, 3.05) is 5.32 Å². The van der Waals surface area contributed by atoms with Gasteiger partial charge in [0.05, 0.1) is 5.69 Å². The number of halogens is 2. The number of para-hydroxylation sites is 1. The second kappa shape index (κ2) is 7.02. The molecule has 22 heavy (non-hydrogen) atoms. The smallest absolute Gasteiger partial charge is 0.265 e. The second-order valence-corrected chi connectivity index (χ2v) is 4.83. The molecule has 1 amide bonds. The molecule has 0 radical (unpaired) electrons.